The summed E-state index contributed by atoms with van der Waals surface area (Å²) < 4.78 is 3.93. The van der Waals surface area contributed by atoms with Crippen LogP contribution in [0.3, 0.4) is 0 Å². The van der Waals surface area contributed by atoms with Crippen LogP contribution < -0.4 is 0 Å². The lowest BCUT2D eigenvalue weighted by Gasteiger charge is -2.03. The summed E-state index contributed by atoms with van der Waals surface area (Å²) >= 11 is 5.33. The van der Waals surface area contributed by atoms with E-state index in [1.165, 1.54) is 0 Å². The largest absolute Gasteiger partial charge is 0.265 e. The summed E-state index contributed by atoms with van der Waals surface area (Å²) in [6.45, 7) is 3.99. The van der Waals surface area contributed by atoms with E-state index in [4.69, 9.17) is 12.2 Å². The Morgan fingerprint density at radius 3 is 2.56 bits per heavy atom. The van der Waals surface area contributed by atoms with E-state index in [-0.39, 0.29) is 0 Å². The monoisotopic (exact) mass is 375 g/mol. The van der Waals surface area contributed by atoms with Crippen LogP contribution in [0.5, 0.6) is 0 Å². The number of para-hydroxylation sites is 1. The molecule has 0 unspecified atom stereocenters. The van der Waals surface area contributed by atoms with Gasteiger partial charge in [-0.1, -0.05) is 18.2 Å². The molecule has 27 heavy (non-hydrogen) atoms. The Morgan fingerprint density at radius 1 is 1.07 bits per heavy atom. The highest BCUT2D eigenvalue weighted by molar-refractivity contribution is 7.71. The molecule has 3 heterocycles. The number of H-pyrrole nitrogens is 1. The molecule has 0 bridgehead atoms. The first-order chi connectivity index (χ1) is 13.1. The number of aromatic nitrogens is 6. The summed E-state index contributed by atoms with van der Waals surface area (Å²) in [5.41, 5.74) is 4.73. The number of hydrogen-bond donors (Lipinski definition) is 1. The molecular weight excluding hydrogens is 358 g/mol. The van der Waals surface area contributed by atoms with Crippen molar-refractivity contribution < 1.29 is 0 Å². The van der Waals surface area contributed by atoms with Gasteiger partial charge in [0, 0.05) is 23.5 Å². The van der Waals surface area contributed by atoms with Gasteiger partial charge in [0.15, 0.2) is 5.82 Å². The third kappa shape index (κ3) is 3.22. The van der Waals surface area contributed by atoms with Gasteiger partial charge < -0.3 is 0 Å². The van der Waals surface area contributed by atoms with Crippen molar-refractivity contribution in [1.29, 1.82) is 0 Å². The Bertz CT molecular complexity index is 1150. The average molecular weight is 375 g/mol. The zero-order chi connectivity index (χ0) is 18.8. The summed E-state index contributed by atoms with van der Waals surface area (Å²) in [6.07, 6.45) is 5.19. The number of benzene rings is 1. The lowest BCUT2D eigenvalue weighted by molar-refractivity contribution is 0.833. The van der Waals surface area contributed by atoms with Gasteiger partial charge in [0.05, 0.1) is 23.3 Å². The SMILES string of the molecule is Cc1nn(-c2ccccc2)c(C)c1C=Nn1c(-c2ccncc2)n[nH]c1=S. The molecule has 0 fully saturated rings. The fourth-order valence-electron chi connectivity index (χ4n) is 2.86. The highest BCUT2D eigenvalue weighted by Crippen LogP contribution is 2.18. The fraction of sp³-hybridized carbons (Fsp3) is 0.105. The van der Waals surface area contributed by atoms with Crippen LogP contribution in [0.15, 0.2) is 60.0 Å². The molecule has 7 nitrogen and oxygen atoms in total. The van der Waals surface area contributed by atoms with Gasteiger partial charge in [-0.2, -0.15) is 20.0 Å². The van der Waals surface area contributed by atoms with Crippen LogP contribution in [-0.4, -0.2) is 35.9 Å². The van der Waals surface area contributed by atoms with Crippen LogP contribution in [0.4, 0.5) is 0 Å². The van der Waals surface area contributed by atoms with Gasteiger partial charge in [-0.05, 0) is 50.3 Å². The number of nitrogens with one attached hydrogen (secondary N) is 1. The van der Waals surface area contributed by atoms with Crippen molar-refractivity contribution >= 4 is 18.4 Å². The molecule has 1 N–H and O–H groups in total. The summed E-state index contributed by atoms with van der Waals surface area (Å²) in [6, 6.07) is 13.7. The maximum absolute atomic E-state index is 5.33. The van der Waals surface area contributed by atoms with E-state index < -0.39 is 0 Å². The minimum Gasteiger partial charge on any atom is -0.265 e. The van der Waals surface area contributed by atoms with Crippen molar-refractivity contribution in [3.05, 3.63) is 76.6 Å². The third-order valence-corrected chi connectivity index (χ3v) is 4.50. The van der Waals surface area contributed by atoms with Crippen LogP contribution in [0.25, 0.3) is 17.1 Å². The van der Waals surface area contributed by atoms with E-state index in [2.05, 4.69) is 25.4 Å². The van der Waals surface area contributed by atoms with Crippen molar-refractivity contribution in [1.82, 2.24) is 29.6 Å². The van der Waals surface area contributed by atoms with E-state index in [1.807, 2.05) is 61.0 Å². The minimum atomic E-state index is 0.420. The smallest absolute Gasteiger partial charge is 0.216 e. The number of aromatic amines is 1. The lowest BCUT2D eigenvalue weighted by atomic mass is 10.2. The van der Waals surface area contributed by atoms with Crippen LogP contribution in [-0.2, 0) is 0 Å². The van der Waals surface area contributed by atoms with E-state index >= 15 is 0 Å². The van der Waals surface area contributed by atoms with Crippen molar-refractivity contribution in [2.75, 3.05) is 0 Å². The second kappa shape index (κ2) is 7.08. The first-order valence-corrected chi connectivity index (χ1v) is 8.80. The number of pyridine rings is 1. The second-order valence-corrected chi connectivity index (χ2v) is 6.36. The van der Waals surface area contributed by atoms with Gasteiger partial charge >= 0.3 is 0 Å². The molecule has 4 aromatic rings. The van der Waals surface area contributed by atoms with E-state index in [1.54, 1.807) is 23.3 Å². The Morgan fingerprint density at radius 2 is 1.81 bits per heavy atom. The quantitative estimate of drug-likeness (QED) is 0.436. The van der Waals surface area contributed by atoms with E-state index in [9.17, 15) is 0 Å². The molecule has 8 heteroatoms. The second-order valence-electron chi connectivity index (χ2n) is 5.98. The minimum absolute atomic E-state index is 0.420. The standard InChI is InChI=1S/C19H17N7S/c1-13-17(14(2)25(24-13)16-6-4-3-5-7-16)12-21-26-18(22-23-19(26)27)15-8-10-20-11-9-15/h3-12H,1-2H3,(H,23,27). The summed E-state index contributed by atoms with van der Waals surface area (Å²) in [5, 5.41) is 16.3. The third-order valence-electron chi connectivity index (χ3n) is 4.24. The number of hydrogen-bond acceptors (Lipinski definition) is 5. The number of aryl methyl sites for hydroxylation is 1. The zero-order valence-corrected chi connectivity index (χ0v) is 15.7. The molecule has 0 atom stereocenters. The molecule has 0 aliphatic rings. The van der Waals surface area contributed by atoms with Crippen LogP contribution in [0, 0.1) is 18.6 Å². The van der Waals surface area contributed by atoms with Gasteiger partial charge in [-0.3, -0.25) is 4.98 Å². The van der Waals surface area contributed by atoms with Crippen molar-refractivity contribution in [3.63, 3.8) is 0 Å². The first kappa shape index (κ1) is 17.0. The molecule has 0 aliphatic carbocycles. The molecule has 134 valence electrons. The lowest BCUT2D eigenvalue weighted by Crippen LogP contribution is -1.99. The number of nitrogens with zero attached hydrogens (tertiary/aromatic N) is 6. The Balaban J connectivity index is 1.74. The summed E-state index contributed by atoms with van der Waals surface area (Å²) in [7, 11) is 0. The maximum atomic E-state index is 5.33. The molecule has 3 aromatic heterocycles. The Kier molecular flexibility index (Phi) is 4.47. The van der Waals surface area contributed by atoms with Gasteiger partial charge in [-0.25, -0.2) is 9.78 Å². The van der Waals surface area contributed by atoms with Crippen molar-refractivity contribution in [2.45, 2.75) is 13.8 Å². The average Bonchev–Trinajstić information content (AvgIpc) is 3.21. The normalized spacial score (nSPS) is 11.3. The molecule has 1 aromatic carbocycles. The molecule has 0 saturated heterocycles. The van der Waals surface area contributed by atoms with Crippen molar-refractivity contribution in [3.8, 4) is 17.1 Å². The highest BCUT2D eigenvalue weighted by Gasteiger charge is 2.12. The van der Waals surface area contributed by atoms with Gasteiger partial charge in [0.1, 0.15) is 0 Å². The van der Waals surface area contributed by atoms with E-state index in [0.29, 0.717) is 10.6 Å². The molecule has 0 spiro atoms. The van der Waals surface area contributed by atoms with Gasteiger partial charge in [-0.15, -0.1) is 0 Å². The number of rotatable bonds is 4. The molecule has 4 rings (SSSR count). The fourth-order valence-corrected chi connectivity index (χ4v) is 3.04. The molecule has 0 radical (unpaired) electrons. The molecule has 0 saturated carbocycles. The summed E-state index contributed by atoms with van der Waals surface area (Å²) in [4.78, 5) is 4.03. The highest BCUT2D eigenvalue weighted by atomic mass is 32.1. The van der Waals surface area contributed by atoms with Gasteiger partial charge in [0.25, 0.3) is 0 Å². The predicted octanol–water partition coefficient (Wildman–Crippen LogP) is 3.69. The summed E-state index contributed by atoms with van der Waals surface area (Å²) in [5.74, 6) is 0.629. The first-order valence-electron chi connectivity index (χ1n) is 8.39. The van der Waals surface area contributed by atoms with E-state index in [0.717, 1.165) is 28.2 Å². The molecule has 0 aliphatic heterocycles. The predicted molar refractivity (Wildman–Crippen MR) is 107 cm³/mol. The molecular formula is C19H17N7S. The Labute approximate surface area is 161 Å². The maximum Gasteiger partial charge on any atom is 0.216 e. The topological polar surface area (TPSA) is 76.7 Å². The van der Waals surface area contributed by atoms with Crippen LogP contribution in [0.2, 0.25) is 0 Å². The van der Waals surface area contributed by atoms with Gasteiger partial charge in [0.2, 0.25) is 4.77 Å². The zero-order valence-electron chi connectivity index (χ0n) is 14.9. The Hall–Kier alpha value is -3.39. The van der Waals surface area contributed by atoms with Crippen LogP contribution >= 0.6 is 12.2 Å². The molecule has 0 amide bonds. The van der Waals surface area contributed by atoms with Crippen molar-refractivity contribution in [2.24, 2.45) is 5.10 Å². The van der Waals surface area contributed by atoms with Crippen LogP contribution in [0.1, 0.15) is 17.0 Å².